The molecule has 2 aromatic rings. The molecule has 0 bridgehead atoms. The summed E-state index contributed by atoms with van der Waals surface area (Å²) in [5.74, 6) is 1.32. The van der Waals surface area contributed by atoms with Crippen LogP contribution in [-0.2, 0) is 9.53 Å². The first kappa shape index (κ1) is 17.5. The summed E-state index contributed by atoms with van der Waals surface area (Å²) in [4.78, 5) is 14.6. The molecule has 132 valence electrons. The molecule has 1 heterocycles. The van der Waals surface area contributed by atoms with E-state index in [4.69, 9.17) is 9.47 Å². The first-order valence-electron chi connectivity index (χ1n) is 8.60. The van der Waals surface area contributed by atoms with Gasteiger partial charge in [0, 0.05) is 13.1 Å². The van der Waals surface area contributed by atoms with Crippen molar-refractivity contribution in [1.82, 2.24) is 4.90 Å². The van der Waals surface area contributed by atoms with Crippen LogP contribution in [0.3, 0.4) is 0 Å². The predicted molar refractivity (Wildman–Crippen MR) is 98.0 cm³/mol. The maximum absolute atomic E-state index is 12.4. The lowest BCUT2D eigenvalue weighted by Gasteiger charge is -2.34. The first-order chi connectivity index (χ1) is 12.1. The molecular weight excluding hydrogens is 316 g/mol. The molecule has 3 rings (SSSR count). The number of rotatable bonds is 5. The molecule has 0 aromatic heterocycles. The fourth-order valence-electron chi connectivity index (χ4n) is 3.08. The fourth-order valence-corrected chi connectivity index (χ4v) is 3.08. The van der Waals surface area contributed by atoms with Gasteiger partial charge in [0.25, 0.3) is 0 Å². The molecule has 0 spiro atoms. The van der Waals surface area contributed by atoms with Crippen LogP contribution in [0.4, 0.5) is 5.69 Å². The van der Waals surface area contributed by atoms with Crippen LogP contribution in [-0.4, -0.2) is 42.6 Å². The van der Waals surface area contributed by atoms with Gasteiger partial charge in [-0.2, -0.15) is 0 Å². The molecule has 1 aliphatic heterocycles. The van der Waals surface area contributed by atoms with Gasteiger partial charge in [0.2, 0.25) is 5.91 Å². The third-order valence-electron chi connectivity index (χ3n) is 3.99. The summed E-state index contributed by atoms with van der Waals surface area (Å²) in [5.41, 5.74) is 0.672. The van der Waals surface area contributed by atoms with E-state index in [0.29, 0.717) is 18.0 Å². The van der Waals surface area contributed by atoms with Crippen LogP contribution in [0.25, 0.3) is 0 Å². The lowest BCUT2D eigenvalue weighted by atomic mass is 10.2. The number of para-hydroxylation sites is 3. The minimum absolute atomic E-state index is 0.0505. The number of carbonyl (C=O) groups is 1. The Morgan fingerprint density at radius 1 is 1.08 bits per heavy atom. The highest BCUT2D eigenvalue weighted by molar-refractivity contribution is 5.93. The second-order valence-electron chi connectivity index (χ2n) is 6.41. The summed E-state index contributed by atoms with van der Waals surface area (Å²) >= 11 is 0. The Labute approximate surface area is 148 Å². The van der Waals surface area contributed by atoms with Crippen LogP contribution in [0.15, 0.2) is 54.6 Å². The monoisotopic (exact) mass is 340 g/mol. The molecule has 1 N–H and O–H groups in total. The van der Waals surface area contributed by atoms with Gasteiger partial charge in [0.05, 0.1) is 24.4 Å². The van der Waals surface area contributed by atoms with Crippen molar-refractivity contribution in [2.45, 2.75) is 26.1 Å². The Kier molecular flexibility index (Phi) is 5.68. The number of nitrogens with zero attached hydrogens (tertiary/aromatic N) is 1. The minimum atomic E-state index is -0.0505. The van der Waals surface area contributed by atoms with Gasteiger partial charge in [0.15, 0.2) is 5.75 Å². The van der Waals surface area contributed by atoms with Gasteiger partial charge in [-0.25, -0.2) is 0 Å². The normalized spacial score (nSPS) is 20.9. The van der Waals surface area contributed by atoms with Crippen LogP contribution in [0.2, 0.25) is 0 Å². The van der Waals surface area contributed by atoms with Gasteiger partial charge in [-0.15, -0.1) is 0 Å². The molecule has 1 amide bonds. The van der Waals surface area contributed by atoms with Gasteiger partial charge < -0.3 is 14.8 Å². The molecule has 5 nitrogen and oxygen atoms in total. The van der Waals surface area contributed by atoms with Gasteiger partial charge in [0.1, 0.15) is 5.75 Å². The largest absolute Gasteiger partial charge is 0.455 e. The minimum Gasteiger partial charge on any atom is -0.455 e. The Morgan fingerprint density at radius 2 is 1.72 bits per heavy atom. The Balaban J connectivity index is 1.63. The van der Waals surface area contributed by atoms with Crippen molar-refractivity contribution in [1.29, 1.82) is 0 Å². The second-order valence-corrected chi connectivity index (χ2v) is 6.41. The van der Waals surface area contributed by atoms with E-state index in [2.05, 4.69) is 10.2 Å². The molecule has 5 heteroatoms. The molecular formula is C20H24N2O3. The third kappa shape index (κ3) is 5.05. The summed E-state index contributed by atoms with van der Waals surface area (Å²) in [6.45, 7) is 5.94. The van der Waals surface area contributed by atoms with E-state index in [-0.39, 0.29) is 18.1 Å². The van der Waals surface area contributed by atoms with Crippen LogP contribution in [0, 0.1) is 0 Å². The van der Waals surface area contributed by atoms with E-state index in [9.17, 15) is 4.79 Å². The molecule has 25 heavy (non-hydrogen) atoms. The molecule has 2 aromatic carbocycles. The zero-order chi connectivity index (χ0) is 17.6. The quantitative estimate of drug-likeness (QED) is 0.905. The summed E-state index contributed by atoms with van der Waals surface area (Å²) in [7, 11) is 0. The van der Waals surface area contributed by atoms with Crippen LogP contribution >= 0.6 is 0 Å². The van der Waals surface area contributed by atoms with Crippen molar-refractivity contribution in [2.75, 3.05) is 25.0 Å². The molecule has 1 fully saturated rings. The zero-order valence-electron chi connectivity index (χ0n) is 14.6. The molecule has 2 atom stereocenters. The second kappa shape index (κ2) is 8.14. The number of anilines is 1. The lowest BCUT2D eigenvalue weighted by Crippen LogP contribution is -2.48. The summed E-state index contributed by atoms with van der Waals surface area (Å²) < 4.78 is 11.6. The van der Waals surface area contributed by atoms with Crippen molar-refractivity contribution >= 4 is 11.6 Å². The highest BCUT2D eigenvalue weighted by Gasteiger charge is 2.23. The standard InChI is InChI=1S/C20H24N2O3/c1-15-12-22(13-16(2)24-15)14-20(23)21-18-10-6-7-11-19(18)25-17-8-4-3-5-9-17/h3-11,15-16H,12-14H2,1-2H3,(H,21,23)/t15-,16+. The van der Waals surface area contributed by atoms with Crippen molar-refractivity contribution in [3.05, 3.63) is 54.6 Å². The smallest absolute Gasteiger partial charge is 0.238 e. The summed E-state index contributed by atoms with van der Waals surface area (Å²) in [6, 6.07) is 17.0. The third-order valence-corrected chi connectivity index (χ3v) is 3.99. The van der Waals surface area contributed by atoms with Crippen molar-refractivity contribution in [2.24, 2.45) is 0 Å². The highest BCUT2D eigenvalue weighted by Crippen LogP contribution is 2.29. The Hall–Kier alpha value is -2.37. The maximum atomic E-state index is 12.4. The van der Waals surface area contributed by atoms with Crippen LogP contribution < -0.4 is 10.1 Å². The number of nitrogens with one attached hydrogen (secondary N) is 1. The Morgan fingerprint density at radius 3 is 2.44 bits per heavy atom. The van der Waals surface area contributed by atoms with E-state index in [1.807, 2.05) is 68.4 Å². The van der Waals surface area contributed by atoms with Gasteiger partial charge >= 0.3 is 0 Å². The van der Waals surface area contributed by atoms with E-state index < -0.39 is 0 Å². The number of hydrogen-bond acceptors (Lipinski definition) is 4. The molecule has 0 radical (unpaired) electrons. The summed E-state index contributed by atoms with van der Waals surface area (Å²) in [5, 5.41) is 2.96. The number of carbonyl (C=O) groups excluding carboxylic acids is 1. The average molecular weight is 340 g/mol. The number of benzene rings is 2. The Bertz CT molecular complexity index is 695. The zero-order valence-corrected chi connectivity index (χ0v) is 14.6. The summed E-state index contributed by atoms with van der Waals surface area (Å²) in [6.07, 6.45) is 0.288. The van der Waals surface area contributed by atoms with E-state index >= 15 is 0 Å². The topological polar surface area (TPSA) is 50.8 Å². The average Bonchev–Trinajstić information content (AvgIpc) is 2.56. The van der Waals surface area contributed by atoms with Crippen molar-refractivity contribution in [3.63, 3.8) is 0 Å². The molecule has 0 unspecified atom stereocenters. The van der Waals surface area contributed by atoms with Gasteiger partial charge in [-0.05, 0) is 38.1 Å². The number of ether oxygens (including phenoxy) is 2. The van der Waals surface area contributed by atoms with Crippen LogP contribution in [0.1, 0.15) is 13.8 Å². The maximum Gasteiger partial charge on any atom is 0.238 e. The first-order valence-corrected chi connectivity index (χ1v) is 8.60. The SMILES string of the molecule is C[C@@H]1CN(CC(=O)Nc2ccccc2Oc2ccccc2)C[C@H](C)O1. The van der Waals surface area contributed by atoms with Gasteiger partial charge in [-0.1, -0.05) is 30.3 Å². The lowest BCUT2D eigenvalue weighted by molar-refractivity contribution is -0.121. The molecule has 1 saturated heterocycles. The van der Waals surface area contributed by atoms with Gasteiger partial charge in [-0.3, -0.25) is 9.69 Å². The van der Waals surface area contributed by atoms with E-state index in [1.165, 1.54) is 0 Å². The number of amides is 1. The molecule has 0 saturated carbocycles. The molecule has 0 aliphatic carbocycles. The number of morpholine rings is 1. The van der Waals surface area contributed by atoms with Crippen molar-refractivity contribution < 1.29 is 14.3 Å². The number of hydrogen-bond donors (Lipinski definition) is 1. The predicted octanol–water partition coefficient (Wildman–Crippen LogP) is 3.53. The molecule has 1 aliphatic rings. The highest BCUT2D eigenvalue weighted by atomic mass is 16.5. The van der Waals surface area contributed by atoms with Crippen LogP contribution in [0.5, 0.6) is 11.5 Å². The van der Waals surface area contributed by atoms with E-state index in [0.717, 1.165) is 18.8 Å². The van der Waals surface area contributed by atoms with E-state index in [1.54, 1.807) is 0 Å². The fraction of sp³-hybridized carbons (Fsp3) is 0.350. The van der Waals surface area contributed by atoms with Crippen molar-refractivity contribution in [3.8, 4) is 11.5 Å².